The highest BCUT2D eigenvalue weighted by Gasteiger charge is 2.27. The summed E-state index contributed by atoms with van der Waals surface area (Å²) < 4.78 is 6.64. The molecule has 1 heterocycles. The molecule has 0 spiro atoms. The third-order valence-electron chi connectivity index (χ3n) is 2.49. The highest BCUT2D eigenvalue weighted by molar-refractivity contribution is 4.54. The van der Waals surface area contributed by atoms with Crippen LogP contribution in [-0.4, -0.2) is 43.9 Å². The van der Waals surface area contributed by atoms with E-state index in [4.69, 9.17) is 4.74 Å². The maximum atomic E-state index is 5.46. The highest BCUT2D eigenvalue weighted by Crippen LogP contribution is 2.11. The summed E-state index contributed by atoms with van der Waals surface area (Å²) in [5, 5.41) is 0. The summed E-state index contributed by atoms with van der Waals surface area (Å²) in [6, 6.07) is 0. The van der Waals surface area contributed by atoms with Crippen LogP contribution in [0.3, 0.4) is 0 Å². The molecule has 0 saturated carbocycles. The van der Waals surface area contributed by atoms with Gasteiger partial charge in [-0.25, -0.2) is 0 Å². The van der Waals surface area contributed by atoms with E-state index in [9.17, 15) is 0 Å². The van der Waals surface area contributed by atoms with E-state index in [1.54, 1.807) is 0 Å². The number of morpholine rings is 1. The van der Waals surface area contributed by atoms with Crippen LogP contribution in [0.2, 0.25) is 0 Å². The van der Waals surface area contributed by atoms with E-state index in [2.05, 4.69) is 20.9 Å². The van der Waals surface area contributed by atoms with Gasteiger partial charge >= 0.3 is 0 Å². The van der Waals surface area contributed by atoms with Crippen LogP contribution in [0.1, 0.15) is 13.8 Å². The molecule has 2 unspecified atom stereocenters. The highest BCUT2D eigenvalue weighted by atomic mass is 79.9. The molecule has 0 aliphatic carbocycles. The van der Waals surface area contributed by atoms with Crippen LogP contribution in [0.25, 0.3) is 0 Å². The standard InChI is InChI=1S/C8H18NO.BrH/c1-4-9(3)5-6-10-8(2)7-9;/h8H,4-7H2,1-3H3;1H/q+1;/p-1. The molecule has 0 N–H and O–H groups in total. The molecule has 0 radical (unpaired) electrons. The fraction of sp³-hybridized carbons (Fsp3) is 1.00. The lowest BCUT2D eigenvalue weighted by Crippen LogP contribution is -3.00. The van der Waals surface area contributed by atoms with E-state index in [1.807, 2.05) is 0 Å². The van der Waals surface area contributed by atoms with Gasteiger partial charge in [0.15, 0.2) is 0 Å². The SMILES string of the molecule is CC[N+]1(C)CCOC(C)C1.[Br-]. The van der Waals surface area contributed by atoms with Crippen molar-refractivity contribution < 1.29 is 26.2 Å². The molecule has 11 heavy (non-hydrogen) atoms. The minimum atomic E-state index is 0. The fourth-order valence-corrected chi connectivity index (χ4v) is 1.53. The van der Waals surface area contributed by atoms with Crippen LogP contribution in [0, 0.1) is 0 Å². The van der Waals surface area contributed by atoms with Crippen LogP contribution in [0.4, 0.5) is 0 Å². The first kappa shape index (κ1) is 11.4. The van der Waals surface area contributed by atoms with E-state index < -0.39 is 0 Å². The number of likely N-dealkylation sites (N-methyl/N-ethyl adjacent to an activating group) is 1. The Morgan fingerprint density at radius 3 is 2.55 bits per heavy atom. The quantitative estimate of drug-likeness (QED) is 0.463. The van der Waals surface area contributed by atoms with Crippen molar-refractivity contribution in [1.82, 2.24) is 0 Å². The Morgan fingerprint density at radius 2 is 2.18 bits per heavy atom. The van der Waals surface area contributed by atoms with E-state index in [0.717, 1.165) is 6.61 Å². The molecule has 3 heteroatoms. The molecule has 0 aromatic carbocycles. The number of ether oxygens (including phenoxy) is 1. The molecular formula is C8H18BrNO. The fourth-order valence-electron chi connectivity index (χ4n) is 1.53. The van der Waals surface area contributed by atoms with Gasteiger partial charge in [-0.1, -0.05) is 0 Å². The summed E-state index contributed by atoms with van der Waals surface area (Å²) in [6.45, 7) is 8.93. The first-order valence-corrected chi connectivity index (χ1v) is 4.11. The number of hydrogen-bond acceptors (Lipinski definition) is 1. The van der Waals surface area contributed by atoms with Gasteiger partial charge in [-0.2, -0.15) is 0 Å². The van der Waals surface area contributed by atoms with Gasteiger partial charge in [-0.3, -0.25) is 0 Å². The summed E-state index contributed by atoms with van der Waals surface area (Å²) in [4.78, 5) is 0. The second-order valence-corrected chi connectivity index (χ2v) is 3.52. The topological polar surface area (TPSA) is 9.23 Å². The van der Waals surface area contributed by atoms with Crippen molar-refractivity contribution in [2.45, 2.75) is 20.0 Å². The summed E-state index contributed by atoms with van der Waals surface area (Å²) in [5.74, 6) is 0. The molecule has 0 aromatic rings. The molecule has 0 bridgehead atoms. The van der Waals surface area contributed by atoms with Gasteiger partial charge in [0.05, 0.1) is 20.2 Å². The number of halogens is 1. The van der Waals surface area contributed by atoms with Crippen molar-refractivity contribution in [3.8, 4) is 0 Å². The van der Waals surface area contributed by atoms with E-state index in [1.165, 1.54) is 24.1 Å². The third kappa shape index (κ3) is 3.09. The number of rotatable bonds is 1. The van der Waals surface area contributed by atoms with Crippen LogP contribution in [0.15, 0.2) is 0 Å². The first-order valence-electron chi connectivity index (χ1n) is 4.11. The van der Waals surface area contributed by atoms with E-state index >= 15 is 0 Å². The normalized spacial score (nSPS) is 37.9. The lowest BCUT2D eigenvalue weighted by molar-refractivity contribution is -0.918. The average molecular weight is 224 g/mol. The largest absolute Gasteiger partial charge is 1.00 e. The van der Waals surface area contributed by atoms with Gasteiger partial charge in [-0.15, -0.1) is 0 Å². The molecule has 1 fully saturated rings. The molecule has 1 aliphatic rings. The third-order valence-corrected chi connectivity index (χ3v) is 2.49. The van der Waals surface area contributed by atoms with E-state index in [-0.39, 0.29) is 17.0 Å². The van der Waals surface area contributed by atoms with Gasteiger partial charge in [0.25, 0.3) is 0 Å². The Balaban J connectivity index is 0.000001000. The molecule has 2 atom stereocenters. The monoisotopic (exact) mass is 223 g/mol. The van der Waals surface area contributed by atoms with Crippen molar-refractivity contribution in [3.05, 3.63) is 0 Å². The molecular weight excluding hydrogens is 206 g/mol. The zero-order valence-corrected chi connectivity index (χ0v) is 9.23. The van der Waals surface area contributed by atoms with Crippen LogP contribution in [0.5, 0.6) is 0 Å². The molecule has 1 saturated heterocycles. The Kier molecular flexibility index (Phi) is 4.59. The smallest absolute Gasteiger partial charge is 0.105 e. The maximum Gasteiger partial charge on any atom is 0.105 e. The maximum absolute atomic E-state index is 5.46. The average Bonchev–Trinajstić information content (AvgIpc) is 1.88. The molecule has 1 aliphatic heterocycles. The predicted molar refractivity (Wildman–Crippen MR) is 41.9 cm³/mol. The molecule has 0 aromatic heterocycles. The van der Waals surface area contributed by atoms with Crippen LogP contribution >= 0.6 is 0 Å². The molecule has 0 amide bonds. The second kappa shape index (κ2) is 4.43. The summed E-state index contributed by atoms with van der Waals surface area (Å²) in [6.07, 6.45) is 0.457. The van der Waals surface area contributed by atoms with Crippen molar-refractivity contribution in [3.63, 3.8) is 0 Å². The van der Waals surface area contributed by atoms with Gasteiger partial charge in [0.2, 0.25) is 0 Å². The summed E-state index contributed by atoms with van der Waals surface area (Å²) >= 11 is 0. The summed E-state index contributed by atoms with van der Waals surface area (Å²) in [7, 11) is 2.30. The van der Waals surface area contributed by atoms with Gasteiger partial charge < -0.3 is 26.2 Å². The van der Waals surface area contributed by atoms with Crippen molar-refractivity contribution in [2.75, 3.05) is 33.3 Å². The molecule has 68 valence electrons. The Hall–Kier alpha value is 0.400. The number of quaternary nitrogens is 1. The van der Waals surface area contributed by atoms with Gasteiger partial charge in [0.1, 0.15) is 19.2 Å². The van der Waals surface area contributed by atoms with Gasteiger partial charge in [0, 0.05) is 0 Å². The Morgan fingerprint density at radius 1 is 1.55 bits per heavy atom. The number of hydrogen-bond donors (Lipinski definition) is 0. The minimum absolute atomic E-state index is 0. The number of nitrogens with zero attached hydrogens (tertiary/aromatic N) is 1. The summed E-state index contributed by atoms with van der Waals surface area (Å²) in [5.41, 5.74) is 0. The minimum Gasteiger partial charge on any atom is -1.00 e. The lowest BCUT2D eigenvalue weighted by atomic mass is 10.2. The molecule has 2 nitrogen and oxygen atoms in total. The zero-order valence-electron chi connectivity index (χ0n) is 7.64. The van der Waals surface area contributed by atoms with Crippen molar-refractivity contribution in [2.24, 2.45) is 0 Å². The van der Waals surface area contributed by atoms with Gasteiger partial charge in [-0.05, 0) is 13.8 Å². The second-order valence-electron chi connectivity index (χ2n) is 3.52. The first-order chi connectivity index (χ1) is 4.66. The van der Waals surface area contributed by atoms with Crippen molar-refractivity contribution in [1.29, 1.82) is 0 Å². The van der Waals surface area contributed by atoms with Crippen LogP contribution < -0.4 is 17.0 Å². The Bertz CT molecular complexity index is 121. The zero-order chi connectivity index (χ0) is 7.61. The Labute approximate surface area is 79.9 Å². The van der Waals surface area contributed by atoms with E-state index in [0.29, 0.717) is 6.10 Å². The lowest BCUT2D eigenvalue weighted by Gasteiger charge is -2.39. The van der Waals surface area contributed by atoms with Crippen molar-refractivity contribution >= 4 is 0 Å². The predicted octanol–water partition coefficient (Wildman–Crippen LogP) is -2.12. The molecule has 1 rings (SSSR count). The van der Waals surface area contributed by atoms with Crippen LogP contribution in [-0.2, 0) is 4.74 Å².